The number of nitrogens with zero attached hydrogens (tertiary/aromatic N) is 2. The van der Waals surface area contributed by atoms with E-state index >= 15 is 0 Å². The van der Waals surface area contributed by atoms with Crippen LogP contribution in [0.15, 0.2) is 53.0 Å². The number of para-hydroxylation sites is 1. The first-order valence-electron chi connectivity index (χ1n) is 8.73. The molecule has 0 unspecified atom stereocenters. The summed E-state index contributed by atoms with van der Waals surface area (Å²) in [5.74, 6) is 0.151. The molecule has 1 amide bonds. The fraction of sp³-hybridized carbons (Fsp3) is 0.350. The van der Waals surface area contributed by atoms with Gasteiger partial charge in [-0.1, -0.05) is 42.5 Å². The number of fused-ring (bicyclic) bond motifs is 3. The smallest absolute Gasteiger partial charge is 0.236 e. The molecule has 2 aromatic rings. The lowest BCUT2D eigenvalue weighted by molar-refractivity contribution is -0.116. The molecule has 2 atom stereocenters. The molecule has 0 spiro atoms. The Labute approximate surface area is 156 Å². The number of hydrogen-bond acceptors (Lipinski definition) is 3. The van der Waals surface area contributed by atoms with Gasteiger partial charge in [-0.2, -0.15) is 0 Å². The molecule has 130 valence electrons. The second-order valence-corrected chi connectivity index (χ2v) is 7.81. The highest BCUT2D eigenvalue weighted by Gasteiger charge is 2.42. The summed E-state index contributed by atoms with van der Waals surface area (Å²) in [4.78, 5) is 16.3. The van der Waals surface area contributed by atoms with Crippen LogP contribution in [0.2, 0.25) is 0 Å². The Hall–Kier alpha value is -1.85. The molecule has 1 saturated heterocycles. The molecule has 0 radical (unpaired) electrons. The van der Waals surface area contributed by atoms with E-state index in [0.29, 0.717) is 12.0 Å². The van der Waals surface area contributed by atoms with Gasteiger partial charge in [0.15, 0.2) is 0 Å². The molecule has 0 aliphatic carbocycles. The first-order valence-corrected chi connectivity index (χ1v) is 9.52. The van der Waals surface area contributed by atoms with E-state index in [-0.39, 0.29) is 12.5 Å². The SMILES string of the molecule is NC(=O)CN1c2c(Br)cccc2[C@@H]2CN(Cc3ccccc3)CC[C@H]21. The number of amides is 1. The van der Waals surface area contributed by atoms with Crippen LogP contribution in [-0.2, 0) is 11.3 Å². The van der Waals surface area contributed by atoms with Crippen molar-refractivity contribution in [2.24, 2.45) is 5.73 Å². The molecule has 2 N–H and O–H groups in total. The molecule has 1 fully saturated rings. The van der Waals surface area contributed by atoms with Crippen molar-refractivity contribution in [2.75, 3.05) is 24.5 Å². The average molecular weight is 400 g/mol. The van der Waals surface area contributed by atoms with Gasteiger partial charge < -0.3 is 10.6 Å². The molecular weight excluding hydrogens is 378 g/mol. The van der Waals surface area contributed by atoms with Crippen LogP contribution in [0.4, 0.5) is 5.69 Å². The van der Waals surface area contributed by atoms with Gasteiger partial charge in [0, 0.05) is 36.1 Å². The number of likely N-dealkylation sites (tertiary alicyclic amines) is 1. The Kier molecular flexibility index (Phi) is 4.52. The molecular formula is C20H22BrN3O. The molecule has 2 aliphatic heterocycles. The largest absolute Gasteiger partial charge is 0.368 e. The monoisotopic (exact) mass is 399 g/mol. The Bertz CT molecular complexity index is 780. The van der Waals surface area contributed by atoms with Crippen molar-refractivity contribution >= 4 is 27.5 Å². The number of carbonyl (C=O) groups excluding carboxylic acids is 1. The minimum Gasteiger partial charge on any atom is -0.368 e. The summed E-state index contributed by atoms with van der Waals surface area (Å²) in [6, 6.07) is 17.3. The van der Waals surface area contributed by atoms with Gasteiger partial charge in [-0.15, -0.1) is 0 Å². The van der Waals surface area contributed by atoms with Gasteiger partial charge in [0.25, 0.3) is 0 Å². The normalized spacial score (nSPS) is 22.5. The van der Waals surface area contributed by atoms with Crippen molar-refractivity contribution in [3.05, 3.63) is 64.1 Å². The summed E-state index contributed by atoms with van der Waals surface area (Å²) < 4.78 is 1.05. The highest BCUT2D eigenvalue weighted by Crippen LogP contribution is 2.47. The van der Waals surface area contributed by atoms with Gasteiger partial charge >= 0.3 is 0 Å². The van der Waals surface area contributed by atoms with Crippen LogP contribution < -0.4 is 10.6 Å². The molecule has 2 aliphatic rings. The molecule has 2 heterocycles. The molecule has 25 heavy (non-hydrogen) atoms. The van der Waals surface area contributed by atoms with E-state index in [1.54, 1.807) is 0 Å². The fourth-order valence-corrected chi connectivity index (χ4v) is 4.94. The summed E-state index contributed by atoms with van der Waals surface area (Å²) in [6.07, 6.45) is 1.05. The number of nitrogens with two attached hydrogens (primary N) is 1. The Morgan fingerprint density at radius 1 is 1.16 bits per heavy atom. The predicted octanol–water partition coefficient (Wildman–Crippen LogP) is 3.11. The summed E-state index contributed by atoms with van der Waals surface area (Å²) in [5, 5.41) is 0. The van der Waals surface area contributed by atoms with Crippen LogP contribution in [0, 0.1) is 0 Å². The number of rotatable bonds is 4. The molecule has 0 bridgehead atoms. The zero-order chi connectivity index (χ0) is 17.4. The lowest BCUT2D eigenvalue weighted by Gasteiger charge is -2.38. The maximum Gasteiger partial charge on any atom is 0.236 e. The van der Waals surface area contributed by atoms with Crippen molar-refractivity contribution in [2.45, 2.75) is 24.9 Å². The molecule has 0 aromatic heterocycles. The topological polar surface area (TPSA) is 49.6 Å². The maximum absolute atomic E-state index is 11.6. The zero-order valence-electron chi connectivity index (χ0n) is 14.1. The second kappa shape index (κ2) is 6.81. The number of hydrogen-bond donors (Lipinski definition) is 1. The minimum absolute atomic E-state index is 0.269. The Balaban J connectivity index is 1.60. The lowest BCUT2D eigenvalue weighted by Crippen LogP contribution is -2.48. The van der Waals surface area contributed by atoms with Crippen molar-refractivity contribution < 1.29 is 4.79 Å². The van der Waals surface area contributed by atoms with Crippen molar-refractivity contribution in [1.82, 2.24) is 4.90 Å². The standard InChI is InChI=1S/C20H22BrN3O/c21-17-8-4-7-15-16-12-23(11-14-5-2-1-3-6-14)10-9-18(16)24(20(15)17)13-19(22)25/h1-8,16,18H,9-13H2,(H2,22,25)/t16-,18+/m0/s1. The maximum atomic E-state index is 11.6. The molecule has 4 nitrogen and oxygen atoms in total. The summed E-state index contributed by atoms with van der Waals surface area (Å²) >= 11 is 3.67. The van der Waals surface area contributed by atoms with Crippen LogP contribution in [0.3, 0.4) is 0 Å². The Morgan fingerprint density at radius 2 is 1.96 bits per heavy atom. The van der Waals surface area contributed by atoms with Crippen LogP contribution in [-0.4, -0.2) is 36.5 Å². The van der Waals surface area contributed by atoms with E-state index in [1.165, 1.54) is 11.1 Å². The van der Waals surface area contributed by atoms with Gasteiger partial charge in [0.2, 0.25) is 5.91 Å². The van der Waals surface area contributed by atoms with Crippen LogP contribution in [0.25, 0.3) is 0 Å². The van der Waals surface area contributed by atoms with Gasteiger partial charge in [-0.05, 0) is 39.5 Å². The molecule has 0 saturated carbocycles. The second-order valence-electron chi connectivity index (χ2n) is 6.96. The van der Waals surface area contributed by atoms with Crippen molar-refractivity contribution in [3.8, 4) is 0 Å². The summed E-state index contributed by atoms with van der Waals surface area (Å²) in [6.45, 7) is 3.31. The van der Waals surface area contributed by atoms with Crippen molar-refractivity contribution in [1.29, 1.82) is 0 Å². The van der Waals surface area contributed by atoms with Crippen molar-refractivity contribution in [3.63, 3.8) is 0 Å². The summed E-state index contributed by atoms with van der Waals surface area (Å²) in [5.41, 5.74) is 9.36. The van der Waals surface area contributed by atoms with Crippen LogP contribution >= 0.6 is 15.9 Å². The van der Waals surface area contributed by atoms with Crippen LogP contribution in [0.5, 0.6) is 0 Å². The zero-order valence-corrected chi connectivity index (χ0v) is 15.7. The van der Waals surface area contributed by atoms with Crippen LogP contribution in [0.1, 0.15) is 23.5 Å². The number of primary amides is 1. The minimum atomic E-state index is -0.269. The average Bonchev–Trinajstić information content (AvgIpc) is 2.90. The first kappa shape index (κ1) is 16.6. The van der Waals surface area contributed by atoms with E-state index in [9.17, 15) is 4.79 Å². The van der Waals surface area contributed by atoms with E-state index in [0.717, 1.165) is 36.2 Å². The highest BCUT2D eigenvalue weighted by atomic mass is 79.9. The van der Waals surface area contributed by atoms with Gasteiger partial charge in [-0.25, -0.2) is 0 Å². The number of piperidine rings is 1. The third kappa shape index (κ3) is 3.18. The van der Waals surface area contributed by atoms with E-state index in [2.05, 4.69) is 68.2 Å². The predicted molar refractivity (Wildman–Crippen MR) is 104 cm³/mol. The number of halogens is 1. The number of benzene rings is 2. The van der Waals surface area contributed by atoms with Gasteiger partial charge in [0.1, 0.15) is 0 Å². The Morgan fingerprint density at radius 3 is 2.72 bits per heavy atom. The van der Waals surface area contributed by atoms with E-state index < -0.39 is 0 Å². The summed E-state index contributed by atoms with van der Waals surface area (Å²) in [7, 11) is 0. The van der Waals surface area contributed by atoms with Gasteiger partial charge in [0.05, 0.1) is 12.2 Å². The fourth-order valence-electron chi connectivity index (χ4n) is 4.34. The molecule has 4 rings (SSSR count). The lowest BCUT2D eigenvalue weighted by atomic mass is 9.89. The quantitative estimate of drug-likeness (QED) is 0.858. The third-order valence-corrected chi connectivity index (χ3v) is 5.98. The third-order valence-electron chi connectivity index (χ3n) is 5.34. The van der Waals surface area contributed by atoms with E-state index in [4.69, 9.17) is 5.73 Å². The molecule has 5 heteroatoms. The van der Waals surface area contributed by atoms with E-state index in [1.807, 2.05) is 6.07 Å². The highest BCUT2D eigenvalue weighted by molar-refractivity contribution is 9.10. The molecule has 2 aromatic carbocycles. The number of carbonyl (C=O) groups is 1. The first-order chi connectivity index (χ1) is 12.1. The van der Waals surface area contributed by atoms with Gasteiger partial charge in [-0.3, -0.25) is 9.69 Å². The number of anilines is 1.